The van der Waals surface area contributed by atoms with Gasteiger partial charge >= 0.3 is 5.97 Å². The van der Waals surface area contributed by atoms with E-state index < -0.39 is 27.6 Å². The number of aliphatic carboxylic acids is 1. The Morgan fingerprint density at radius 3 is 2.52 bits per heavy atom. The summed E-state index contributed by atoms with van der Waals surface area (Å²) in [6.07, 6.45) is 0. The number of rotatable bonds is 3. The molecule has 2 N–H and O–H groups in total. The Balaban J connectivity index is 2.36. The molecule has 1 aromatic rings. The normalized spacial score (nSPS) is 20.0. The highest BCUT2D eigenvalue weighted by atomic mass is 32.2. The van der Waals surface area contributed by atoms with E-state index in [0.29, 0.717) is 5.56 Å². The molecule has 2 rings (SSSR count). The summed E-state index contributed by atoms with van der Waals surface area (Å²) in [6, 6.07) is 7.07. The van der Waals surface area contributed by atoms with Crippen LogP contribution in [0.25, 0.3) is 0 Å². The molecular weight excluding hydrogens is 292 g/mol. The van der Waals surface area contributed by atoms with Crippen LogP contribution < -0.4 is 4.72 Å². The number of carboxylic acid groups (broad SMARTS) is 1. The Labute approximate surface area is 125 Å². The zero-order valence-corrected chi connectivity index (χ0v) is 13.1. The topological polar surface area (TPSA) is 86.7 Å². The van der Waals surface area contributed by atoms with E-state index in [1.807, 2.05) is 0 Å². The molecule has 0 spiro atoms. The smallest absolute Gasteiger partial charge is 0.312 e. The van der Waals surface area contributed by atoms with Crippen molar-refractivity contribution in [2.45, 2.75) is 38.8 Å². The van der Waals surface area contributed by atoms with E-state index in [0.717, 1.165) is 5.56 Å². The second-order valence-electron chi connectivity index (χ2n) is 6.24. The van der Waals surface area contributed by atoms with E-state index in [4.69, 9.17) is 0 Å². The molecule has 0 aliphatic carbocycles. The van der Waals surface area contributed by atoms with Crippen LogP contribution in [0.5, 0.6) is 0 Å². The Bertz CT molecular complexity index is 649. The van der Waals surface area contributed by atoms with Crippen LogP contribution in [0.1, 0.15) is 37.8 Å². The second kappa shape index (κ2) is 5.40. The SMILES string of the molecule is CC(C)(C)NS(=O)(=O)N1Cc2ccccc2C(C(=O)O)C1. The van der Waals surface area contributed by atoms with Gasteiger partial charge in [-0.25, -0.2) is 0 Å². The monoisotopic (exact) mass is 312 g/mol. The lowest BCUT2D eigenvalue weighted by molar-refractivity contribution is -0.139. The van der Waals surface area contributed by atoms with Gasteiger partial charge < -0.3 is 5.11 Å². The zero-order chi connectivity index (χ0) is 15.8. The predicted molar refractivity (Wildman–Crippen MR) is 79.0 cm³/mol. The first-order chi connectivity index (χ1) is 9.60. The third-order valence-corrected chi connectivity index (χ3v) is 5.06. The summed E-state index contributed by atoms with van der Waals surface area (Å²) in [5.74, 6) is -1.86. The van der Waals surface area contributed by atoms with Gasteiger partial charge in [0.25, 0.3) is 10.2 Å². The van der Waals surface area contributed by atoms with Gasteiger partial charge in [-0.05, 0) is 31.9 Å². The van der Waals surface area contributed by atoms with E-state index in [9.17, 15) is 18.3 Å². The number of carboxylic acids is 1. The largest absolute Gasteiger partial charge is 0.481 e. The maximum atomic E-state index is 12.4. The number of benzene rings is 1. The summed E-state index contributed by atoms with van der Waals surface area (Å²) in [7, 11) is -3.73. The highest BCUT2D eigenvalue weighted by Gasteiger charge is 2.36. The van der Waals surface area contributed by atoms with Crippen LogP contribution in [-0.4, -0.2) is 35.9 Å². The second-order valence-corrected chi connectivity index (χ2v) is 7.91. The molecule has 0 fully saturated rings. The van der Waals surface area contributed by atoms with Crippen molar-refractivity contribution in [3.63, 3.8) is 0 Å². The molecule has 0 saturated heterocycles. The van der Waals surface area contributed by atoms with Crippen molar-refractivity contribution in [3.05, 3.63) is 35.4 Å². The molecule has 21 heavy (non-hydrogen) atoms. The van der Waals surface area contributed by atoms with Crippen LogP contribution >= 0.6 is 0 Å². The molecule has 116 valence electrons. The lowest BCUT2D eigenvalue weighted by Crippen LogP contribution is -2.51. The summed E-state index contributed by atoms with van der Waals surface area (Å²) in [6.45, 7) is 5.37. The van der Waals surface area contributed by atoms with Gasteiger partial charge in [0.2, 0.25) is 0 Å². The molecule has 1 atom stereocenters. The van der Waals surface area contributed by atoms with Crippen LogP contribution in [0, 0.1) is 0 Å². The number of fused-ring (bicyclic) bond motifs is 1. The number of hydrogen-bond donors (Lipinski definition) is 2. The first-order valence-corrected chi connectivity index (χ1v) is 8.14. The minimum Gasteiger partial charge on any atom is -0.481 e. The maximum Gasteiger partial charge on any atom is 0.312 e. The minimum absolute atomic E-state index is 0.0578. The number of hydrogen-bond acceptors (Lipinski definition) is 3. The highest BCUT2D eigenvalue weighted by molar-refractivity contribution is 7.87. The summed E-state index contributed by atoms with van der Waals surface area (Å²) in [5.41, 5.74) is 0.803. The average Bonchev–Trinajstić information content (AvgIpc) is 2.34. The number of nitrogens with one attached hydrogen (secondary N) is 1. The molecule has 0 bridgehead atoms. The molecule has 0 aromatic heterocycles. The van der Waals surface area contributed by atoms with E-state index in [-0.39, 0.29) is 13.1 Å². The molecule has 1 aliphatic rings. The zero-order valence-electron chi connectivity index (χ0n) is 12.3. The van der Waals surface area contributed by atoms with E-state index >= 15 is 0 Å². The summed E-state index contributed by atoms with van der Waals surface area (Å²) in [4.78, 5) is 11.4. The fourth-order valence-corrected chi connectivity index (χ4v) is 3.98. The van der Waals surface area contributed by atoms with Gasteiger partial charge in [-0.1, -0.05) is 24.3 Å². The Hall–Kier alpha value is -1.44. The van der Waals surface area contributed by atoms with Gasteiger partial charge in [0, 0.05) is 18.6 Å². The van der Waals surface area contributed by atoms with Crippen molar-refractivity contribution in [1.82, 2.24) is 9.03 Å². The maximum absolute atomic E-state index is 12.4. The molecule has 0 saturated carbocycles. The van der Waals surface area contributed by atoms with E-state index in [2.05, 4.69) is 4.72 Å². The van der Waals surface area contributed by atoms with Crippen molar-refractivity contribution in [3.8, 4) is 0 Å². The Morgan fingerprint density at radius 1 is 1.33 bits per heavy atom. The first kappa shape index (κ1) is 15.9. The van der Waals surface area contributed by atoms with Crippen molar-refractivity contribution >= 4 is 16.2 Å². The van der Waals surface area contributed by atoms with Crippen molar-refractivity contribution in [2.75, 3.05) is 6.54 Å². The molecular formula is C14H20N2O4S. The van der Waals surface area contributed by atoms with Gasteiger partial charge in [0.15, 0.2) is 0 Å². The molecule has 1 heterocycles. The fourth-order valence-electron chi connectivity index (χ4n) is 2.42. The van der Waals surface area contributed by atoms with Gasteiger partial charge in [-0.15, -0.1) is 0 Å². The van der Waals surface area contributed by atoms with E-state index in [1.165, 1.54) is 4.31 Å². The fraction of sp³-hybridized carbons (Fsp3) is 0.500. The lowest BCUT2D eigenvalue weighted by Gasteiger charge is -2.34. The van der Waals surface area contributed by atoms with Crippen LogP contribution in [0.2, 0.25) is 0 Å². The lowest BCUT2D eigenvalue weighted by atomic mass is 9.91. The average molecular weight is 312 g/mol. The van der Waals surface area contributed by atoms with E-state index in [1.54, 1.807) is 45.0 Å². The van der Waals surface area contributed by atoms with Crippen LogP contribution in [-0.2, 0) is 21.5 Å². The van der Waals surface area contributed by atoms with Gasteiger partial charge in [0.05, 0.1) is 5.92 Å². The van der Waals surface area contributed by atoms with Gasteiger partial charge in [0.1, 0.15) is 0 Å². The first-order valence-electron chi connectivity index (χ1n) is 6.70. The minimum atomic E-state index is -3.73. The van der Waals surface area contributed by atoms with Crippen molar-refractivity contribution < 1.29 is 18.3 Å². The molecule has 0 amide bonds. The number of nitrogens with zero attached hydrogens (tertiary/aromatic N) is 1. The molecule has 6 nitrogen and oxygen atoms in total. The van der Waals surface area contributed by atoms with Crippen LogP contribution in [0.4, 0.5) is 0 Å². The predicted octanol–water partition coefficient (Wildman–Crippen LogP) is 1.30. The Morgan fingerprint density at radius 2 is 1.95 bits per heavy atom. The molecule has 1 unspecified atom stereocenters. The van der Waals surface area contributed by atoms with Gasteiger partial charge in [-0.3, -0.25) is 4.79 Å². The Kier molecular flexibility index (Phi) is 4.10. The summed E-state index contributed by atoms with van der Waals surface area (Å²) < 4.78 is 28.6. The molecule has 1 aliphatic heterocycles. The molecule has 1 aromatic carbocycles. The quantitative estimate of drug-likeness (QED) is 0.881. The number of carbonyl (C=O) groups is 1. The summed E-state index contributed by atoms with van der Waals surface area (Å²) >= 11 is 0. The van der Waals surface area contributed by atoms with Crippen molar-refractivity contribution in [2.24, 2.45) is 0 Å². The standard InChI is InChI=1S/C14H20N2O4S/c1-14(2,3)15-21(19,20)16-8-10-6-4-5-7-11(10)12(9-16)13(17)18/h4-7,12,15H,8-9H2,1-3H3,(H,17,18). The van der Waals surface area contributed by atoms with Gasteiger partial charge in [-0.2, -0.15) is 17.4 Å². The highest BCUT2D eigenvalue weighted by Crippen LogP contribution is 2.30. The van der Waals surface area contributed by atoms with Crippen LogP contribution in [0.3, 0.4) is 0 Å². The van der Waals surface area contributed by atoms with Crippen molar-refractivity contribution in [1.29, 1.82) is 0 Å². The third-order valence-electron chi connectivity index (χ3n) is 3.24. The molecule has 7 heteroatoms. The molecule has 0 radical (unpaired) electrons. The summed E-state index contributed by atoms with van der Waals surface area (Å²) in [5, 5.41) is 9.36. The van der Waals surface area contributed by atoms with Crippen LogP contribution in [0.15, 0.2) is 24.3 Å². The third kappa shape index (κ3) is 3.61.